The minimum absolute atomic E-state index is 0.00474. The SMILES string of the molecule is O=C1NC2CCCCC2C(O)C1C(c1cccnc1)C1C(=O)NC2CCCCC2C1O. The quantitative estimate of drug-likeness (QED) is 0.584. The van der Waals surface area contributed by atoms with Gasteiger partial charge in [-0.25, -0.2) is 0 Å². The number of pyridine rings is 1. The molecule has 0 bridgehead atoms. The van der Waals surface area contributed by atoms with Crippen LogP contribution in [-0.4, -0.2) is 51.3 Å². The van der Waals surface area contributed by atoms with Crippen LogP contribution in [-0.2, 0) is 9.59 Å². The van der Waals surface area contributed by atoms with E-state index in [1.54, 1.807) is 18.5 Å². The number of aliphatic hydroxyl groups excluding tert-OH is 2. The molecule has 2 amide bonds. The summed E-state index contributed by atoms with van der Waals surface area (Å²) in [7, 11) is 0. The lowest BCUT2D eigenvalue weighted by atomic mass is 9.62. The molecule has 1 aromatic rings. The first-order chi connectivity index (χ1) is 15.1. The average molecular weight is 428 g/mol. The molecule has 4 N–H and O–H groups in total. The van der Waals surface area contributed by atoms with Gasteiger partial charge in [0.1, 0.15) is 0 Å². The van der Waals surface area contributed by atoms with Crippen LogP contribution in [0.2, 0.25) is 0 Å². The van der Waals surface area contributed by atoms with Crippen LogP contribution in [0.5, 0.6) is 0 Å². The summed E-state index contributed by atoms with van der Waals surface area (Å²) in [5, 5.41) is 29.1. The van der Waals surface area contributed by atoms with Crippen LogP contribution >= 0.6 is 0 Å². The molecular weight excluding hydrogens is 394 g/mol. The normalized spacial score (nSPS) is 41.4. The second-order valence-electron chi connectivity index (χ2n) is 9.97. The molecule has 3 heterocycles. The number of aromatic nitrogens is 1. The highest BCUT2D eigenvalue weighted by molar-refractivity contribution is 5.86. The van der Waals surface area contributed by atoms with E-state index < -0.39 is 30.0 Å². The standard InChI is InChI=1S/C24H33N3O4/c28-21-14-7-1-3-9-16(14)26-23(30)19(21)18(13-6-5-11-25-12-13)20-22(29)15-8-2-4-10-17(15)27-24(20)31/h5-6,11-12,14-22,28-29H,1-4,7-10H2,(H,26,30)(H,27,31). The van der Waals surface area contributed by atoms with Crippen LogP contribution in [0, 0.1) is 23.7 Å². The Balaban J connectivity index is 1.53. The van der Waals surface area contributed by atoms with Gasteiger partial charge in [0.15, 0.2) is 0 Å². The van der Waals surface area contributed by atoms with Gasteiger partial charge in [-0.05, 0) is 37.3 Å². The number of hydrogen-bond donors (Lipinski definition) is 4. The van der Waals surface area contributed by atoms with Crippen molar-refractivity contribution in [1.29, 1.82) is 0 Å². The lowest BCUT2D eigenvalue weighted by Crippen LogP contribution is -2.64. The molecule has 31 heavy (non-hydrogen) atoms. The van der Waals surface area contributed by atoms with Crippen LogP contribution in [0.3, 0.4) is 0 Å². The minimum atomic E-state index is -0.840. The highest BCUT2D eigenvalue weighted by Gasteiger charge is 2.55. The van der Waals surface area contributed by atoms with Crippen molar-refractivity contribution in [2.24, 2.45) is 23.7 Å². The molecule has 0 radical (unpaired) electrons. The second-order valence-corrected chi connectivity index (χ2v) is 9.97. The molecule has 0 aromatic carbocycles. The predicted molar refractivity (Wildman–Crippen MR) is 114 cm³/mol. The number of aliphatic hydroxyl groups is 2. The van der Waals surface area contributed by atoms with Crippen LogP contribution in [0.4, 0.5) is 0 Å². The summed E-state index contributed by atoms with van der Waals surface area (Å²) in [6.07, 6.45) is 9.33. The summed E-state index contributed by atoms with van der Waals surface area (Å²) < 4.78 is 0. The van der Waals surface area contributed by atoms with Gasteiger partial charge in [-0.3, -0.25) is 14.6 Å². The van der Waals surface area contributed by atoms with Crippen LogP contribution in [0.1, 0.15) is 62.8 Å². The number of rotatable bonds is 3. The van der Waals surface area contributed by atoms with E-state index in [1.807, 2.05) is 6.07 Å². The molecule has 2 saturated carbocycles. The molecule has 2 aliphatic heterocycles. The number of piperidine rings is 2. The fourth-order valence-corrected chi connectivity index (χ4v) is 6.86. The van der Waals surface area contributed by atoms with Crippen molar-refractivity contribution in [1.82, 2.24) is 15.6 Å². The maximum Gasteiger partial charge on any atom is 0.226 e. The summed E-state index contributed by atoms with van der Waals surface area (Å²) in [6.45, 7) is 0. The average Bonchev–Trinajstić information content (AvgIpc) is 2.78. The van der Waals surface area contributed by atoms with Gasteiger partial charge < -0.3 is 20.8 Å². The maximum atomic E-state index is 13.3. The van der Waals surface area contributed by atoms with Gasteiger partial charge >= 0.3 is 0 Å². The van der Waals surface area contributed by atoms with Crippen molar-refractivity contribution < 1.29 is 19.8 Å². The highest BCUT2D eigenvalue weighted by atomic mass is 16.3. The summed E-state index contributed by atoms with van der Waals surface area (Å²) in [4.78, 5) is 30.8. The summed E-state index contributed by atoms with van der Waals surface area (Å²) in [5.74, 6) is -2.64. The molecule has 5 rings (SSSR count). The van der Waals surface area contributed by atoms with Crippen molar-refractivity contribution >= 4 is 11.8 Å². The van der Waals surface area contributed by atoms with E-state index in [-0.39, 0.29) is 35.7 Å². The minimum Gasteiger partial charge on any atom is -0.392 e. The molecule has 7 nitrogen and oxygen atoms in total. The zero-order valence-corrected chi connectivity index (χ0v) is 17.8. The largest absolute Gasteiger partial charge is 0.392 e. The first-order valence-electron chi connectivity index (χ1n) is 11.9. The third-order valence-corrected chi connectivity index (χ3v) is 8.36. The molecule has 0 spiro atoms. The number of hydrogen-bond acceptors (Lipinski definition) is 5. The molecule has 4 fully saturated rings. The third-order valence-electron chi connectivity index (χ3n) is 8.36. The Morgan fingerprint density at radius 2 is 1.35 bits per heavy atom. The molecular formula is C24H33N3O4. The van der Waals surface area contributed by atoms with E-state index in [4.69, 9.17) is 0 Å². The van der Waals surface area contributed by atoms with Crippen LogP contribution in [0.25, 0.3) is 0 Å². The van der Waals surface area contributed by atoms with E-state index in [0.717, 1.165) is 56.9 Å². The highest BCUT2D eigenvalue weighted by Crippen LogP contribution is 2.46. The Kier molecular flexibility index (Phi) is 5.73. The van der Waals surface area contributed by atoms with Crippen molar-refractivity contribution in [2.75, 3.05) is 0 Å². The van der Waals surface area contributed by atoms with Gasteiger partial charge in [-0.1, -0.05) is 31.7 Å². The second kappa shape index (κ2) is 8.51. The molecule has 8 unspecified atom stereocenters. The third kappa shape index (κ3) is 3.65. The Hall–Kier alpha value is -1.99. The molecule has 4 aliphatic rings. The molecule has 2 aliphatic carbocycles. The predicted octanol–water partition coefficient (Wildman–Crippen LogP) is 1.50. The topological polar surface area (TPSA) is 112 Å². The molecule has 168 valence electrons. The molecule has 2 saturated heterocycles. The van der Waals surface area contributed by atoms with Crippen molar-refractivity contribution in [2.45, 2.75) is 81.6 Å². The lowest BCUT2D eigenvalue weighted by Gasteiger charge is -2.50. The zero-order chi connectivity index (χ0) is 21.5. The van der Waals surface area contributed by atoms with Gasteiger partial charge in [-0.2, -0.15) is 0 Å². The summed E-state index contributed by atoms with van der Waals surface area (Å²) >= 11 is 0. The van der Waals surface area contributed by atoms with Gasteiger partial charge in [-0.15, -0.1) is 0 Å². The number of nitrogens with zero attached hydrogens (tertiary/aromatic N) is 1. The van der Waals surface area contributed by atoms with Crippen LogP contribution in [0.15, 0.2) is 24.5 Å². The summed E-state index contributed by atoms with van der Waals surface area (Å²) in [5.41, 5.74) is 0.726. The lowest BCUT2D eigenvalue weighted by molar-refractivity contribution is -0.150. The number of nitrogens with one attached hydrogen (secondary N) is 2. The van der Waals surface area contributed by atoms with Gasteiger partial charge in [0.25, 0.3) is 0 Å². The number of fused-ring (bicyclic) bond motifs is 2. The first kappa shape index (κ1) is 20.9. The smallest absolute Gasteiger partial charge is 0.226 e. The van der Waals surface area contributed by atoms with E-state index >= 15 is 0 Å². The van der Waals surface area contributed by atoms with E-state index in [2.05, 4.69) is 15.6 Å². The summed E-state index contributed by atoms with van der Waals surface area (Å²) in [6, 6.07) is 3.64. The van der Waals surface area contributed by atoms with E-state index in [0.29, 0.717) is 0 Å². The van der Waals surface area contributed by atoms with Gasteiger partial charge in [0, 0.05) is 42.2 Å². The molecule has 8 atom stereocenters. The van der Waals surface area contributed by atoms with E-state index in [1.165, 1.54) is 0 Å². The van der Waals surface area contributed by atoms with Crippen LogP contribution < -0.4 is 10.6 Å². The van der Waals surface area contributed by atoms with Crippen molar-refractivity contribution in [3.05, 3.63) is 30.1 Å². The van der Waals surface area contributed by atoms with Crippen molar-refractivity contribution in [3.8, 4) is 0 Å². The number of carbonyl (C=O) groups excluding carboxylic acids is 2. The number of amides is 2. The van der Waals surface area contributed by atoms with Gasteiger partial charge in [0.2, 0.25) is 11.8 Å². The molecule has 1 aromatic heterocycles. The Morgan fingerprint density at radius 1 is 0.839 bits per heavy atom. The maximum absolute atomic E-state index is 13.3. The van der Waals surface area contributed by atoms with Gasteiger partial charge in [0.05, 0.1) is 24.0 Å². The first-order valence-corrected chi connectivity index (χ1v) is 11.9. The fraction of sp³-hybridized carbons (Fsp3) is 0.708. The Bertz CT molecular complexity index is 770. The molecule has 7 heteroatoms. The monoisotopic (exact) mass is 427 g/mol. The van der Waals surface area contributed by atoms with Crippen molar-refractivity contribution in [3.63, 3.8) is 0 Å². The fourth-order valence-electron chi connectivity index (χ4n) is 6.86. The Morgan fingerprint density at radius 3 is 1.84 bits per heavy atom. The van der Waals surface area contributed by atoms with E-state index in [9.17, 15) is 19.8 Å². The zero-order valence-electron chi connectivity index (χ0n) is 17.8. The number of carbonyl (C=O) groups is 2. The Labute approximate surface area is 183 Å².